The number of carbonyl (C=O) groups is 1. The topological polar surface area (TPSA) is 77.0 Å². The number of fused-ring (bicyclic) bond motifs is 1. The molecule has 1 aliphatic rings. The number of carboxylic acids is 1. The van der Waals surface area contributed by atoms with Crippen LogP contribution < -0.4 is 19.5 Å². The van der Waals surface area contributed by atoms with Gasteiger partial charge in [-0.05, 0) is 32.0 Å². The second kappa shape index (κ2) is 6.00. The first-order chi connectivity index (χ1) is 9.55. The third-order valence-corrected chi connectivity index (χ3v) is 3.11. The fourth-order valence-corrected chi connectivity index (χ4v) is 1.78. The molecule has 1 aliphatic heterocycles. The normalized spacial score (nSPS) is 15.7. The van der Waals surface area contributed by atoms with Gasteiger partial charge in [-0.15, -0.1) is 0 Å². The van der Waals surface area contributed by atoms with Gasteiger partial charge >= 0.3 is 5.97 Å². The molecule has 20 heavy (non-hydrogen) atoms. The van der Waals surface area contributed by atoms with E-state index in [4.69, 9.17) is 14.2 Å². The van der Waals surface area contributed by atoms with Crippen LogP contribution in [-0.4, -0.2) is 36.6 Å². The van der Waals surface area contributed by atoms with Crippen molar-refractivity contribution in [3.8, 4) is 17.2 Å². The molecule has 6 nitrogen and oxygen atoms in total. The van der Waals surface area contributed by atoms with Gasteiger partial charge in [0, 0.05) is 6.07 Å². The van der Waals surface area contributed by atoms with Crippen LogP contribution in [0.25, 0.3) is 0 Å². The van der Waals surface area contributed by atoms with Crippen LogP contribution in [0.2, 0.25) is 0 Å². The molecule has 1 unspecified atom stereocenters. The first-order valence-electron chi connectivity index (χ1n) is 6.56. The van der Waals surface area contributed by atoms with E-state index < -0.39 is 11.5 Å². The summed E-state index contributed by atoms with van der Waals surface area (Å²) in [6, 6.07) is 5.18. The predicted molar refractivity (Wildman–Crippen MR) is 72.4 cm³/mol. The molecule has 2 N–H and O–H groups in total. The fourth-order valence-electron chi connectivity index (χ4n) is 1.78. The highest BCUT2D eigenvalue weighted by Gasteiger charge is 2.33. The van der Waals surface area contributed by atoms with E-state index in [-0.39, 0.29) is 13.4 Å². The molecule has 0 aliphatic carbocycles. The molecular formula is C14H19NO5. The Hall–Kier alpha value is -1.95. The van der Waals surface area contributed by atoms with Crippen LogP contribution in [0.1, 0.15) is 20.3 Å². The zero-order valence-electron chi connectivity index (χ0n) is 11.6. The van der Waals surface area contributed by atoms with E-state index in [1.807, 2.05) is 6.92 Å². The van der Waals surface area contributed by atoms with E-state index in [2.05, 4.69) is 5.32 Å². The molecule has 6 heteroatoms. The quantitative estimate of drug-likeness (QED) is 0.791. The molecule has 0 fully saturated rings. The Kier molecular flexibility index (Phi) is 4.34. The second-order valence-corrected chi connectivity index (χ2v) is 4.87. The summed E-state index contributed by atoms with van der Waals surface area (Å²) in [5.74, 6) is 0.898. The van der Waals surface area contributed by atoms with E-state index in [0.717, 1.165) is 6.42 Å². The molecule has 1 aromatic carbocycles. The SMILES string of the molecule is CCCNC(C)(COc1ccc2c(c1)OCO2)C(=O)O. The molecule has 1 aromatic rings. The summed E-state index contributed by atoms with van der Waals surface area (Å²) in [6.07, 6.45) is 0.854. The molecule has 110 valence electrons. The van der Waals surface area contributed by atoms with Crippen molar-refractivity contribution in [1.29, 1.82) is 0 Å². The van der Waals surface area contributed by atoms with Gasteiger partial charge in [0.25, 0.3) is 0 Å². The van der Waals surface area contributed by atoms with Crippen molar-refractivity contribution in [3.05, 3.63) is 18.2 Å². The Balaban J connectivity index is 2.00. The van der Waals surface area contributed by atoms with Gasteiger partial charge in [0.2, 0.25) is 6.79 Å². The average Bonchev–Trinajstić information content (AvgIpc) is 2.90. The molecule has 0 aromatic heterocycles. The van der Waals surface area contributed by atoms with Gasteiger partial charge in [-0.2, -0.15) is 0 Å². The molecular weight excluding hydrogens is 262 g/mol. The van der Waals surface area contributed by atoms with Crippen molar-refractivity contribution < 1.29 is 24.1 Å². The lowest BCUT2D eigenvalue weighted by Gasteiger charge is -2.26. The van der Waals surface area contributed by atoms with Gasteiger partial charge in [0.05, 0.1) is 0 Å². The average molecular weight is 281 g/mol. The summed E-state index contributed by atoms with van der Waals surface area (Å²) in [5.41, 5.74) is -1.12. The van der Waals surface area contributed by atoms with E-state index in [1.165, 1.54) is 0 Å². The summed E-state index contributed by atoms with van der Waals surface area (Å²) >= 11 is 0. The van der Waals surface area contributed by atoms with Crippen LogP contribution in [0.4, 0.5) is 0 Å². The summed E-state index contributed by atoms with van der Waals surface area (Å²) < 4.78 is 16.0. The van der Waals surface area contributed by atoms with Gasteiger partial charge < -0.3 is 19.3 Å². The number of nitrogens with one attached hydrogen (secondary N) is 1. The summed E-state index contributed by atoms with van der Waals surface area (Å²) in [7, 11) is 0. The highest BCUT2D eigenvalue weighted by molar-refractivity contribution is 5.78. The van der Waals surface area contributed by atoms with Crippen LogP contribution in [0.15, 0.2) is 18.2 Å². The minimum atomic E-state index is -1.12. The standard InChI is InChI=1S/C14H19NO5/c1-3-6-15-14(2,13(16)17)8-18-10-4-5-11-12(7-10)20-9-19-11/h4-5,7,15H,3,6,8-9H2,1-2H3,(H,16,17). The lowest BCUT2D eigenvalue weighted by atomic mass is 10.0. The summed E-state index contributed by atoms with van der Waals surface area (Å²) in [4.78, 5) is 11.3. The minimum absolute atomic E-state index is 0.0297. The number of hydrogen-bond donors (Lipinski definition) is 2. The predicted octanol–water partition coefficient (Wildman–Crippen LogP) is 1.64. The van der Waals surface area contributed by atoms with E-state index >= 15 is 0 Å². The maximum absolute atomic E-state index is 11.3. The second-order valence-electron chi connectivity index (χ2n) is 4.87. The van der Waals surface area contributed by atoms with Crippen LogP contribution in [0, 0.1) is 0 Å². The number of rotatable bonds is 7. The maximum atomic E-state index is 11.3. The lowest BCUT2D eigenvalue weighted by molar-refractivity contribution is -0.145. The first-order valence-corrected chi connectivity index (χ1v) is 6.56. The van der Waals surface area contributed by atoms with Crippen molar-refractivity contribution in [1.82, 2.24) is 5.32 Å². The van der Waals surface area contributed by atoms with E-state index in [1.54, 1.807) is 25.1 Å². The molecule has 0 spiro atoms. The number of ether oxygens (including phenoxy) is 3. The largest absolute Gasteiger partial charge is 0.491 e. The Morgan fingerprint density at radius 3 is 2.90 bits per heavy atom. The van der Waals surface area contributed by atoms with Crippen molar-refractivity contribution >= 4 is 5.97 Å². The van der Waals surface area contributed by atoms with E-state index in [0.29, 0.717) is 23.8 Å². The third kappa shape index (κ3) is 3.14. The van der Waals surface area contributed by atoms with Crippen LogP contribution in [-0.2, 0) is 4.79 Å². The summed E-state index contributed by atoms with van der Waals surface area (Å²) in [6.45, 7) is 4.44. The van der Waals surface area contributed by atoms with Crippen molar-refractivity contribution in [2.45, 2.75) is 25.8 Å². The Bertz CT molecular complexity index is 490. The third-order valence-electron chi connectivity index (χ3n) is 3.11. The Labute approximate surface area is 117 Å². The summed E-state index contributed by atoms with van der Waals surface area (Å²) in [5, 5.41) is 12.3. The minimum Gasteiger partial charge on any atom is -0.491 e. The number of carboxylic acid groups (broad SMARTS) is 1. The van der Waals surface area contributed by atoms with Gasteiger partial charge in [-0.3, -0.25) is 10.1 Å². The number of aliphatic carboxylic acids is 1. The molecule has 0 saturated heterocycles. The number of benzene rings is 1. The van der Waals surface area contributed by atoms with Gasteiger partial charge in [0.15, 0.2) is 11.5 Å². The molecule has 0 saturated carbocycles. The first kappa shape index (κ1) is 14.5. The highest BCUT2D eigenvalue weighted by atomic mass is 16.7. The molecule has 1 atom stereocenters. The van der Waals surface area contributed by atoms with Crippen LogP contribution in [0.5, 0.6) is 17.2 Å². The lowest BCUT2D eigenvalue weighted by Crippen LogP contribution is -2.54. The highest BCUT2D eigenvalue weighted by Crippen LogP contribution is 2.35. The molecule has 0 bridgehead atoms. The smallest absolute Gasteiger partial charge is 0.327 e. The maximum Gasteiger partial charge on any atom is 0.327 e. The number of hydrogen-bond acceptors (Lipinski definition) is 5. The van der Waals surface area contributed by atoms with Gasteiger partial charge in [0.1, 0.15) is 17.9 Å². The van der Waals surface area contributed by atoms with Crippen LogP contribution in [0.3, 0.4) is 0 Å². The van der Waals surface area contributed by atoms with Crippen molar-refractivity contribution in [2.24, 2.45) is 0 Å². The monoisotopic (exact) mass is 281 g/mol. The molecule has 0 radical (unpaired) electrons. The van der Waals surface area contributed by atoms with E-state index in [9.17, 15) is 9.90 Å². The zero-order chi connectivity index (χ0) is 14.6. The van der Waals surface area contributed by atoms with Crippen LogP contribution >= 0.6 is 0 Å². The molecule has 2 rings (SSSR count). The Morgan fingerprint density at radius 1 is 1.45 bits per heavy atom. The van der Waals surface area contributed by atoms with Gasteiger partial charge in [-0.1, -0.05) is 6.92 Å². The Morgan fingerprint density at radius 2 is 2.20 bits per heavy atom. The molecule has 1 heterocycles. The molecule has 0 amide bonds. The van der Waals surface area contributed by atoms with Crippen molar-refractivity contribution in [3.63, 3.8) is 0 Å². The van der Waals surface area contributed by atoms with Gasteiger partial charge in [-0.25, -0.2) is 0 Å². The van der Waals surface area contributed by atoms with Crippen molar-refractivity contribution in [2.75, 3.05) is 19.9 Å². The zero-order valence-corrected chi connectivity index (χ0v) is 11.6. The fraction of sp³-hybridized carbons (Fsp3) is 0.500.